The van der Waals surface area contributed by atoms with Gasteiger partial charge in [0.2, 0.25) is 0 Å². The number of ether oxygens (including phenoxy) is 1. The lowest BCUT2D eigenvalue weighted by Crippen LogP contribution is -2.39. The van der Waals surface area contributed by atoms with Crippen LogP contribution in [0.5, 0.6) is 0 Å². The Kier molecular flexibility index (Phi) is 2.61. The summed E-state index contributed by atoms with van der Waals surface area (Å²) in [5, 5.41) is 0. The number of amides is 1. The van der Waals surface area contributed by atoms with Gasteiger partial charge in [-0.1, -0.05) is 24.3 Å². The minimum atomic E-state index is -0.899. The van der Waals surface area contributed by atoms with Gasteiger partial charge in [0.25, 0.3) is 5.91 Å². The standard InChI is InChI=1S/C16H17NO2/c1-4-7-12-10-19-16(11(12)2)13-8-5-6-9-14(13)17(3)15(16)18/h4-6,8-9H,1,7,10H2,2-3H3/t16-/m0/s1. The zero-order valence-electron chi connectivity index (χ0n) is 11.3. The molecule has 1 spiro atoms. The van der Waals surface area contributed by atoms with E-state index in [1.807, 2.05) is 37.3 Å². The first-order valence-electron chi connectivity index (χ1n) is 6.44. The fourth-order valence-corrected chi connectivity index (χ4v) is 3.07. The highest BCUT2D eigenvalue weighted by Gasteiger charge is 2.55. The van der Waals surface area contributed by atoms with E-state index in [1.54, 1.807) is 11.9 Å². The Hall–Kier alpha value is -1.87. The largest absolute Gasteiger partial charge is 0.352 e. The zero-order valence-corrected chi connectivity index (χ0v) is 11.3. The lowest BCUT2D eigenvalue weighted by Gasteiger charge is -2.24. The molecule has 0 unspecified atom stereocenters. The van der Waals surface area contributed by atoms with Crippen LogP contribution in [0.2, 0.25) is 0 Å². The van der Waals surface area contributed by atoms with E-state index in [4.69, 9.17) is 4.74 Å². The molecule has 2 aliphatic heterocycles. The molecule has 1 amide bonds. The third-order valence-corrected chi connectivity index (χ3v) is 4.16. The topological polar surface area (TPSA) is 29.5 Å². The molecule has 0 bridgehead atoms. The molecule has 1 atom stereocenters. The van der Waals surface area contributed by atoms with Gasteiger partial charge in [-0.3, -0.25) is 4.79 Å². The van der Waals surface area contributed by atoms with Gasteiger partial charge in [-0.05, 0) is 30.6 Å². The maximum Gasteiger partial charge on any atom is 0.268 e. The average molecular weight is 255 g/mol. The molecule has 0 saturated heterocycles. The third-order valence-electron chi connectivity index (χ3n) is 4.16. The highest BCUT2D eigenvalue weighted by molar-refractivity contribution is 6.09. The summed E-state index contributed by atoms with van der Waals surface area (Å²) in [7, 11) is 1.80. The summed E-state index contributed by atoms with van der Waals surface area (Å²) < 4.78 is 5.97. The SMILES string of the molecule is C=CCC1=C(C)[C@@]2(OC1)C(=O)N(C)c1ccccc12. The van der Waals surface area contributed by atoms with Gasteiger partial charge in [-0.15, -0.1) is 6.58 Å². The van der Waals surface area contributed by atoms with Gasteiger partial charge in [-0.25, -0.2) is 0 Å². The second-order valence-electron chi connectivity index (χ2n) is 5.07. The molecule has 1 aromatic carbocycles. The number of fused-ring (bicyclic) bond motifs is 2. The van der Waals surface area contributed by atoms with Crippen molar-refractivity contribution in [3.8, 4) is 0 Å². The van der Waals surface area contributed by atoms with Gasteiger partial charge in [-0.2, -0.15) is 0 Å². The molecule has 2 aliphatic rings. The number of allylic oxidation sites excluding steroid dienone is 1. The maximum atomic E-state index is 12.7. The number of para-hydroxylation sites is 1. The van der Waals surface area contributed by atoms with Crippen LogP contribution in [0.15, 0.2) is 48.1 Å². The summed E-state index contributed by atoms with van der Waals surface area (Å²) in [6, 6.07) is 7.84. The smallest absolute Gasteiger partial charge is 0.268 e. The fourth-order valence-electron chi connectivity index (χ4n) is 3.07. The number of carbonyl (C=O) groups excluding carboxylic acids is 1. The van der Waals surface area contributed by atoms with Crippen molar-refractivity contribution in [3.63, 3.8) is 0 Å². The second kappa shape index (κ2) is 4.07. The van der Waals surface area contributed by atoms with Crippen LogP contribution in [0, 0.1) is 0 Å². The monoisotopic (exact) mass is 255 g/mol. The van der Waals surface area contributed by atoms with Crippen molar-refractivity contribution in [1.82, 2.24) is 0 Å². The minimum Gasteiger partial charge on any atom is -0.352 e. The van der Waals surface area contributed by atoms with E-state index in [1.165, 1.54) is 0 Å². The Balaban J connectivity index is 2.21. The van der Waals surface area contributed by atoms with Gasteiger partial charge in [0, 0.05) is 12.6 Å². The van der Waals surface area contributed by atoms with Gasteiger partial charge in [0.1, 0.15) is 0 Å². The number of rotatable bonds is 2. The zero-order chi connectivity index (χ0) is 13.6. The van der Waals surface area contributed by atoms with E-state index >= 15 is 0 Å². The molecule has 0 aliphatic carbocycles. The van der Waals surface area contributed by atoms with Crippen molar-refractivity contribution in [1.29, 1.82) is 0 Å². The van der Waals surface area contributed by atoms with Gasteiger partial charge in [0.05, 0.1) is 12.3 Å². The second-order valence-corrected chi connectivity index (χ2v) is 5.07. The van der Waals surface area contributed by atoms with E-state index in [0.29, 0.717) is 6.61 Å². The lowest BCUT2D eigenvalue weighted by atomic mass is 9.86. The predicted molar refractivity (Wildman–Crippen MR) is 75.0 cm³/mol. The van der Waals surface area contributed by atoms with Crippen LogP contribution in [-0.2, 0) is 15.1 Å². The van der Waals surface area contributed by atoms with Crippen molar-refractivity contribution >= 4 is 11.6 Å². The molecular formula is C16H17NO2. The van der Waals surface area contributed by atoms with Crippen LogP contribution >= 0.6 is 0 Å². The van der Waals surface area contributed by atoms with Gasteiger partial charge in [0.15, 0.2) is 5.60 Å². The number of hydrogen-bond donors (Lipinski definition) is 0. The molecule has 0 radical (unpaired) electrons. The molecule has 1 aromatic rings. The number of hydrogen-bond acceptors (Lipinski definition) is 2. The highest BCUT2D eigenvalue weighted by atomic mass is 16.5. The summed E-state index contributed by atoms with van der Waals surface area (Å²) in [5.74, 6) is 0.00487. The summed E-state index contributed by atoms with van der Waals surface area (Å²) in [4.78, 5) is 14.4. The van der Waals surface area contributed by atoms with Crippen LogP contribution in [0.4, 0.5) is 5.69 Å². The summed E-state index contributed by atoms with van der Waals surface area (Å²) in [6.07, 6.45) is 2.63. The van der Waals surface area contributed by atoms with Gasteiger partial charge < -0.3 is 9.64 Å². The number of nitrogens with zero attached hydrogens (tertiary/aromatic N) is 1. The van der Waals surface area contributed by atoms with Crippen LogP contribution in [0.25, 0.3) is 0 Å². The van der Waals surface area contributed by atoms with Crippen molar-refractivity contribution in [2.45, 2.75) is 18.9 Å². The lowest BCUT2D eigenvalue weighted by molar-refractivity contribution is -0.135. The van der Waals surface area contributed by atoms with Crippen molar-refractivity contribution in [2.75, 3.05) is 18.6 Å². The molecule has 3 rings (SSSR count). The predicted octanol–water partition coefficient (Wildman–Crippen LogP) is 2.78. The molecule has 98 valence electrons. The average Bonchev–Trinajstić information content (AvgIpc) is 2.86. The highest BCUT2D eigenvalue weighted by Crippen LogP contribution is 2.50. The summed E-state index contributed by atoms with van der Waals surface area (Å²) in [5.41, 5.74) is 3.18. The molecule has 0 aromatic heterocycles. The van der Waals surface area contributed by atoms with E-state index in [2.05, 4.69) is 6.58 Å². The van der Waals surface area contributed by atoms with Crippen molar-refractivity contribution in [3.05, 3.63) is 53.6 Å². The molecule has 0 saturated carbocycles. The number of anilines is 1. The van der Waals surface area contributed by atoms with E-state index < -0.39 is 5.60 Å². The van der Waals surface area contributed by atoms with E-state index in [-0.39, 0.29) is 5.91 Å². The normalized spacial score (nSPS) is 25.4. The Labute approximate surface area is 113 Å². The molecular weight excluding hydrogens is 238 g/mol. The van der Waals surface area contributed by atoms with Crippen molar-refractivity contribution in [2.24, 2.45) is 0 Å². The van der Waals surface area contributed by atoms with E-state index in [9.17, 15) is 4.79 Å². The molecule has 0 fully saturated rings. The minimum absolute atomic E-state index is 0.00487. The Morgan fingerprint density at radius 1 is 1.47 bits per heavy atom. The molecule has 2 heterocycles. The quantitative estimate of drug-likeness (QED) is 0.760. The number of carbonyl (C=O) groups is 1. The Morgan fingerprint density at radius 3 is 2.95 bits per heavy atom. The first-order chi connectivity index (χ1) is 9.13. The van der Waals surface area contributed by atoms with Gasteiger partial charge >= 0.3 is 0 Å². The van der Waals surface area contributed by atoms with Crippen LogP contribution in [0.1, 0.15) is 18.9 Å². The number of benzene rings is 1. The van der Waals surface area contributed by atoms with Crippen LogP contribution < -0.4 is 4.90 Å². The van der Waals surface area contributed by atoms with Crippen molar-refractivity contribution < 1.29 is 9.53 Å². The Morgan fingerprint density at radius 2 is 2.21 bits per heavy atom. The van der Waals surface area contributed by atoms with E-state index in [0.717, 1.165) is 28.8 Å². The van der Waals surface area contributed by atoms with Crippen LogP contribution in [0.3, 0.4) is 0 Å². The maximum absolute atomic E-state index is 12.7. The number of likely N-dealkylation sites (N-methyl/N-ethyl adjacent to an activating group) is 1. The summed E-state index contributed by atoms with van der Waals surface area (Å²) in [6.45, 7) is 6.27. The summed E-state index contributed by atoms with van der Waals surface area (Å²) >= 11 is 0. The van der Waals surface area contributed by atoms with Crippen LogP contribution in [-0.4, -0.2) is 19.6 Å². The Bertz CT molecular complexity index is 603. The fraction of sp³-hybridized carbons (Fsp3) is 0.312. The first kappa shape index (κ1) is 12.2. The molecule has 3 nitrogen and oxygen atoms in total. The first-order valence-corrected chi connectivity index (χ1v) is 6.44. The molecule has 19 heavy (non-hydrogen) atoms. The molecule has 0 N–H and O–H groups in total. The molecule has 3 heteroatoms. The third kappa shape index (κ3) is 1.39.